The number of hydrogen-bond acceptors (Lipinski definition) is 4. The van der Waals surface area contributed by atoms with Gasteiger partial charge in [0.25, 0.3) is 5.91 Å². The van der Waals surface area contributed by atoms with Gasteiger partial charge in [-0.05, 0) is 49.9 Å². The lowest BCUT2D eigenvalue weighted by atomic mass is 10.0. The lowest BCUT2D eigenvalue weighted by molar-refractivity contribution is 0.0565. The Labute approximate surface area is 187 Å². The molecule has 0 bridgehead atoms. The van der Waals surface area contributed by atoms with E-state index in [1.807, 2.05) is 47.4 Å². The maximum Gasteiger partial charge on any atom is 0.270 e. The Morgan fingerprint density at radius 2 is 2.09 bits per heavy atom. The van der Waals surface area contributed by atoms with Gasteiger partial charge in [0.05, 0.1) is 13.3 Å². The number of nitrogens with zero attached hydrogens (tertiary/aromatic N) is 2. The van der Waals surface area contributed by atoms with Crippen molar-refractivity contribution in [2.45, 2.75) is 38.6 Å². The minimum atomic E-state index is -0.157. The van der Waals surface area contributed by atoms with E-state index in [2.05, 4.69) is 23.0 Å². The molecule has 2 aromatic carbocycles. The number of piperidine rings is 1. The highest BCUT2D eigenvalue weighted by atomic mass is 16.5. The number of fused-ring (bicyclic) bond motifs is 1. The Morgan fingerprint density at radius 3 is 2.94 bits per heavy atom. The van der Waals surface area contributed by atoms with Crippen LogP contribution in [0.3, 0.4) is 0 Å². The number of rotatable bonds is 5. The van der Waals surface area contributed by atoms with Gasteiger partial charge >= 0.3 is 0 Å². The summed E-state index contributed by atoms with van der Waals surface area (Å²) in [6, 6.07) is 15.8. The number of benzene rings is 2. The van der Waals surface area contributed by atoms with Crippen molar-refractivity contribution in [3.63, 3.8) is 0 Å². The Balaban J connectivity index is 1.40. The van der Waals surface area contributed by atoms with Crippen molar-refractivity contribution < 1.29 is 13.9 Å². The van der Waals surface area contributed by atoms with Crippen LogP contribution in [0, 0.1) is 6.92 Å². The van der Waals surface area contributed by atoms with Gasteiger partial charge in [-0.15, -0.1) is 0 Å². The van der Waals surface area contributed by atoms with E-state index in [0.717, 1.165) is 52.8 Å². The molecule has 164 valence electrons. The van der Waals surface area contributed by atoms with Crippen molar-refractivity contribution in [1.29, 1.82) is 0 Å². The molecule has 6 nitrogen and oxygen atoms in total. The fourth-order valence-corrected chi connectivity index (χ4v) is 4.60. The molecular weight excluding hydrogens is 402 g/mol. The van der Waals surface area contributed by atoms with Gasteiger partial charge in [0.1, 0.15) is 23.2 Å². The molecule has 32 heavy (non-hydrogen) atoms. The number of nitrogens with one attached hydrogen (secondary N) is 1. The van der Waals surface area contributed by atoms with Gasteiger partial charge in [-0.2, -0.15) is 0 Å². The van der Waals surface area contributed by atoms with E-state index in [-0.39, 0.29) is 11.9 Å². The number of aromatic nitrogens is 2. The summed E-state index contributed by atoms with van der Waals surface area (Å²) in [5.41, 5.74) is 3.79. The third-order valence-electron chi connectivity index (χ3n) is 6.29. The molecule has 0 spiro atoms. The highest BCUT2D eigenvalue weighted by Gasteiger charge is 2.32. The molecule has 1 N–H and O–H groups in total. The van der Waals surface area contributed by atoms with E-state index < -0.39 is 0 Å². The number of likely N-dealkylation sites (tertiary alicyclic amines) is 1. The Kier molecular flexibility index (Phi) is 5.43. The second-order valence-corrected chi connectivity index (χ2v) is 8.38. The predicted octanol–water partition coefficient (Wildman–Crippen LogP) is 5.43. The topological polar surface area (TPSA) is 71.4 Å². The van der Waals surface area contributed by atoms with Gasteiger partial charge in [0.15, 0.2) is 0 Å². The van der Waals surface area contributed by atoms with Crippen molar-refractivity contribution in [3.05, 3.63) is 83.2 Å². The molecule has 6 heteroatoms. The van der Waals surface area contributed by atoms with Crippen LogP contribution in [-0.2, 0) is 6.42 Å². The minimum absolute atomic E-state index is 0.00483. The molecule has 0 radical (unpaired) electrons. The molecular formula is C26H27N3O3. The van der Waals surface area contributed by atoms with E-state index in [1.165, 1.54) is 0 Å². The first-order valence-corrected chi connectivity index (χ1v) is 11.1. The van der Waals surface area contributed by atoms with Crippen LogP contribution >= 0.6 is 0 Å². The fraction of sp³-hybridized carbons (Fsp3) is 0.308. The van der Waals surface area contributed by atoms with Crippen molar-refractivity contribution in [3.8, 4) is 5.75 Å². The summed E-state index contributed by atoms with van der Waals surface area (Å²) in [6.07, 6.45) is 5.24. The molecule has 2 aromatic heterocycles. The molecule has 1 aliphatic heterocycles. The van der Waals surface area contributed by atoms with Crippen LogP contribution in [0.15, 0.2) is 59.1 Å². The molecule has 5 rings (SSSR count). The van der Waals surface area contributed by atoms with Crippen molar-refractivity contribution in [1.82, 2.24) is 14.9 Å². The predicted molar refractivity (Wildman–Crippen MR) is 123 cm³/mol. The van der Waals surface area contributed by atoms with Gasteiger partial charge in [-0.1, -0.05) is 30.3 Å². The molecule has 1 aliphatic rings. The first-order chi connectivity index (χ1) is 15.6. The summed E-state index contributed by atoms with van der Waals surface area (Å²) in [5.74, 6) is 2.20. The van der Waals surface area contributed by atoms with Crippen molar-refractivity contribution in [2.75, 3.05) is 13.7 Å². The zero-order valence-corrected chi connectivity index (χ0v) is 18.4. The Bertz CT molecular complexity index is 1260. The number of carbonyl (C=O) groups is 1. The van der Waals surface area contributed by atoms with Crippen LogP contribution in [0.1, 0.15) is 58.6 Å². The van der Waals surface area contributed by atoms with E-state index >= 15 is 0 Å². The third kappa shape index (κ3) is 3.77. The number of methoxy groups -OCH3 is 1. The average Bonchev–Trinajstić information content (AvgIpc) is 3.47. The van der Waals surface area contributed by atoms with E-state index in [0.29, 0.717) is 24.6 Å². The summed E-state index contributed by atoms with van der Waals surface area (Å²) in [4.78, 5) is 23.2. The van der Waals surface area contributed by atoms with Crippen molar-refractivity contribution in [2.24, 2.45) is 0 Å². The highest BCUT2D eigenvalue weighted by Crippen LogP contribution is 2.33. The Morgan fingerprint density at radius 1 is 1.22 bits per heavy atom. The molecule has 0 aliphatic carbocycles. The maximum atomic E-state index is 13.5. The second-order valence-electron chi connectivity index (χ2n) is 8.38. The molecule has 1 atom stereocenters. The van der Waals surface area contributed by atoms with Gasteiger partial charge in [-0.3, -0.25) is 4.79 Å². The van der Waals surface area contributed by atoms with Crippen LogP contribution in [0.4, 0.5) is 0 Å². The lowest BCUT2D eigenvalue weighted by Gasteiger charge is -2.33. The molecule has 1 amide bonds. The second kappa shape index (κ2) is 8.54. The standard InChI is InChI=1S/C26H27N3O3/c1-17-8-7-10-21-20(17)15-22(28-21)26(30)29-13-6-5-11-23(29)25-27-16-19(32-25)14-18-9-3-4-12-24(18)31-2/h3-4,7-10,12,15-16,23,28H,5-6,11,13-14H2,1-2H3/t23-/m1/s1. The van der Waals surface area contributed by atoms with Gasteiger partial charge < -0.3 is 19.0 Å². The van der Waals surface area contributed by atoms with Crippen molar-refractivity contribution >= 4 is 16.8 Å². The van der Waals surface area contributed by atoms with Crippen LogP contribution in [-0.4, -0.2) is 34.4 Å². The average molecular weight is 430 g/mol. The summed E-state index contributed by atoms with van der Waals surface area (Å²) >= 11 is 0. The fourth-order valence-electron chi connectivity index (χ4n) is 4.60. The molecule has 0 unspecified atom stereocenters. The first-order valence-electron chi connectivity index (χ1n) is 11.1. The van der Waals surface area contributed by atoms with Crippen LogP contribution in [0.25, 0.3) is 10.9 Å². The van der Waals surface area contributed by atoms with Crippen LogP contribution in [0.5, 0.6) is 5.75 Å². The summed E-state index contributed by atoms with van der Waals surface area (Å²) in [5, 5.41) is 1.08. The maximum absolute atomic E-state index is 13.5. The van der Waals surface area contributed by atoms with Crippen LogP contribution in [0.2, 0.25) is 0 Å². The Hall–Kier alpha value is -3.54. The smallest absolute Gasteiger partial charge is 0.270 e. The quantitative estimate of drug-likeness (QED) is 0.459. The number of ether oxygens (including phenoxy) is 1. The highest BCUT2D eigenvalue weighted by molar-refractivity contribution is 5.99. The van der Waals surface area contributed by atoms with E-state index in [4.69, 9.17) is 9.15 Å². The number of oxazole rings is 1. The number of carbonyl (C=O) groups excluding carboxylic acids is 1. The van der Waals surface area contributed by atoms with Gasteiger partial charge in [-0.25, -0.2) is 4.98 Å². The number of aryl methyl sites for hydroxylation is 1. The lowest BCUT2D eigenvalue weighted by Crippen LogP contribution is -2.38. The molecule has 4 aromatic rings. The van der Waals surface area contributed by atoms with E-state index in [1.54, 1.807) is 13.3 Å². The van der Waals surface area contributed by atoms with Gasteiger partial charge in [0, 0.05) is 29.4 Å². The summed E-state index contributed by atoms with van der Waals surface area (Å²) < 4.78 is 11.6. The number of para-hydroxylation sites is 1. The summed E-state index contributed by atoms with van der Waals surface area (Å²) in [6.45, 7) is 2.76. The molecule has 1 fully saturated rings. The van der Waals surface area contributed by atoms with E-state index in [9.17, 15) is 4.79 Å². The molecule has 0 saturated carbocycles. The SMILES string of the molecule is COc1ccccc1Cc1cnc([C@H]2CCCCN2C(=O)c2cc3c(C)cccc3[nH]2)o1. The number of hydrogen-bond donors (Lipinski definition) is 1. The zero-order chi connectivity index (χ0) is 22.1. The third-order valence-corrected chi connectivity index (χ3v) is 6.29. The molecule has 3 heterocycles. The van der Waals surface area contributed by atoms with Crippen LogP contribution < -0.4 is 4.74 Å². The number of H-pyrrole nitrogens is 1. The van der Waals surface area contributed by atoms with Gasteiger partial charge in [0.2, 0.25) is 5.89 Å². The number of amides is 1. The summed E-state index contributed by atoms with van der Waals surface area (Å²) in [7, 11) is 1.67. The molecule has 1 saturated heterocycles. The monoisotopic (exact) mass is 429 g/mol. The minimum Gasteiger partial charge on any atom is -0.496 e. The normalized spacial score (nSPS) is 16.4. The zero-order valence-electron chi connectivity index (χ0n) is 18.4. The largest absolute Gasteiger partial charge is 0.496 e. The number of aromatic amines is 1. The first kappa shape index (κ1) is 20.4.